The standard InChI is InChI=1S/C20H27N3O2.HI/c1-4-21-20(23-14-17-9-7-6-8-15(17)3)22-13-16-10-11-18(24)19(12-16)25-5-2;/h6-12,24H,4-5,13-14H2,1-3H3,(H2,21,22,23);1H. The number of halogens is 1. The van der Waals surface area contributed by atoms with Crippen LogP contribution >= 0.6 is 24.0 Å². The molecular weight excluding hydrogens is 441 g/mol. The lowest BCUT2D eigenvalue weighted by Crippen LogP contribution is -2.36. The Bertz CT molecular complexity index is 720. The van der Waals surface area contributed by atoms with Crippen LogP contribution in [0.4, 0.5) is 0 Å². The molecular formula is C20H28IN3O2. The first-order valence-corrected chi connectivity index (χ1v) is 8.65. The number of hydrogen-bond acceptors (Lipinski definition) is 3. The fraction of sp³-hybridized carbons (Fsp3) is 0.350. The molecule has 0 radical (unpaired) electrons. The maximum atomic E-state index is 9.78. The van der Waals surface area contributed by atoms with Gasteiger partial charge in [0.25, 0.3) is 0 Å². The van der Waals surface area contributed by atoms with Gasteiger partial charge in [0.2, 0.25) is 0 Å². The third-order valence-electron chi connectivity index (χ3n) is 3.80. The van der Waals surface area contributed by atoms with E-state index in [1.54, 1.807) is 6.07 Å². The molecule has 0 bridgehead atoms. The van der Waals surface area contributed by atoms with Crippen molar-refractivity contribution in [3.05, 3.63) is 59.2 Å². The molecule has 2 aromatic carbocycles. The average molecular weight is 469 g/mol. The molecule has 0 fully saturated rings. The molecule has 0 spiro atoms. The molecule has 0 aromatic heterocycles. The van der Waals surface area contributed by atoms with Crippen LogP contribution in [0, 0.1) is 6.92 Å². The molecule has 3 N–H and O–H groups in total. The van der Waals surface area contributed by atoms with Crippen LogP contribution in [0.15, 0.2) is 47.5 Å². The van der Waals surface area contributed by atoms with Crippen LogP contribution in [-0.2, 0) is 13.1 Å². The minimum absolute atomic E-state index is 0. The lowest BCUT2D eigenvalue weighted by atomic mass is 10.1. The smallest absolute Gasteiger partial charge is 0.191 e. The molecule has 0 heterocycles. The summed E-state index contributed by atoms with van der Waals surface area (Å²) in [7, 11) is 0. The summed E-state index contributed by atoms with van der Waals surface area (Å²) < 4.78 is 5.42. The van der Waals surface area contributed by atoms with Gasteiger partial charge in [-0.2, -0.15) is 0 Å². The third kappa shape index (κ3) is 6.74. The van der Waals surface area contributed by atoms with Gasteiger partial charge < -0.3 is 20.5 Å². The van der Waals surface area contributed by atoms with E-state index in [-0.39, 0.29) is 29.7 Å². The average Bonchev–Trinajstić information content (AvgIpc) is 2.61. The van der Waals surface area contributed by atoms with Gasteiger partial charge in [0.1, 0.15) is 0 Å². The van der Waals surface area contributed by atoms with Crippen molar-refractivity contribution in [3.8, 4) is 11.5 Å². The quantitative estimate of drug-likeness (QED) is 0.326. The fourth-order valence-electron chi connectivity index (χ4n) is 2.43. The highest BCUT2D eigenvalue weighted by Gasteiger charge is 2.04. The van der Waals surface area contributed by atoms with Crippen LogP contribution in [0.2, 0.25) is 0 Å². The molecule has 0 aliphatic rings. The zero-order chi connectivity index (χ0) is 18.1. The van der Waals surface area contributed by atoms with Gasteiger partial charge in [-0.15, -0.1) is 24.0 Å². The Kier molecular flexibility index (Phi) is 9.87. The summed E-state index contributed by atoms with van der Waals surface area (Å²) in [5, 5.41) is 16.4. The number of aliphatic imine (C=N–C) groups is 1. The Labute approximate surface area is 172 Å². The second-order valence-corrected chi connectivity index (χ2v) is 5.71. The number of nitrogens with zero attached hydrogens (tertiary/aromatic N) is 1. The molecule has 0 aliphatic heterocycles. The predicted octanol–water partition coefficient (Wildman–Crippen LogP) is 3.97. The maximum absolute atomic E-state index is 9.78. The fourth-order valence-corrected chi connectivity index (χ4v) is 2.43. The van der Waals surface area contributed by atoms with Crippen molar-refractivity contribution < 1.29 is 9.84 Å². The van der Waals surface area contributed by atoms with E-state index in [0.29, 0.717) is 18.9 Å². The Balaban J connectivity index is 0.00000338. The molecule has 2 rings (SSSR count). The third-order valence-corrected chi connectivity index (χ3v) is 3.80. The van der Waals surface area contributed by atoms with Crippen LogP contribution in [0.1, 0.15) is 30.5 Å². The zero-order valence-electron chi connectivity index (χ0n) is 15.6. The number of nitrogens with one attached hydrogen (secondary N) is 2. The van der Waals surface area contributed by atoms with E-state index < -0.39 is 0 Å². The molecule has 6 heteroatoms. The van der Waals surface area contributed by atoms with E-state index in [2.05, 4.69) is 34.7 Å². The summed E-state index contributed by atoms with van der Waals surface area (Å²) in [5.41, 5.74) is 3.48. The molecule has 0 aliphatic carbocycles. The number of hydrogen-bond donors (Lipinski definition) is 3. The molecule has 0 saturated heterocycles. The highest BCUT2D eigenvalue weighted by atomic mass is 127. The van der Waals surface area contributed by atoms with Crippen LogP contribution in [0.3, 0.4) is 0 Å². The number of rotatable bonds is 7. The van der Waals surface area contributed by atoms with Crippen molar-refractivity contribution in [2.75, 3.05) is 13.2 Å². The largest absolute Gasteiger partial charge is 0.504 e. The Morgan fingerprint density at radius 3 is 2.58 bits per heavy atom. The topological polar surface area (TPSA) is 65.9 Å². The van der Waals surface area contributed by atoms with E-state index in [1.165, 1.54) is 11.1 Å². The van der Waals surface area contributed by atoms with Crippen molar-refractivity contribution in [1.29, 1.82) is 0 Å². The molecule has 142 valence electrons. The van der Waals surface area contributed by atoms with E-state index in [1.807, 2.05) is 38.1 Å². The van der Waals surface area contributed by atoms with Crippen LogP contribution in [0.25, 0.3) is 0 Å². The van der Waals surface area contributed by atoms with Gasteiger partial charge >= 0.3 is 0 Å². The normalized spacial score (nSPS) is 10.8. The number of aromatic hydroxyl groups is 1. The Morgan fingerprint density at radius 1 is 1.12 bits per heavy atom. The number of aryl methyl sites for hydroxylation is 1. The van der Waals surface area contributed by atoms with E-state index >= 15 is 0 Å². The van der Waals surface area contributed by atoms with Crippen LogP contribution in [0.5, 0.6) is 11.5 Å². The molecule has 5 nitrogen and oxygen atoms in total. The number of ether oxygens (including phenoxy) is 1. The molecule has 0 saturated carbocycles. The molecule has 0 atom stereocenters. The number of phenols is 1. The molecule has 0 amide bonds. The highest BCUT2D eigenvalue weighted by Crippen LogP contribution is 2.27. The first-order valence-electron chi connectivity index (χ1n) is 8.65. The van der Waals surface area contributed by atoms with E-state index in [9.17, 15) is 5.11 Å². The second kappa shape index (κ2) is 11.6. The number of phenolic OH excluding ortho intramolecular Hbond substituents is 1. The summed E-state index contributed by atoms with van der Waals surface area (Å²) in [5.74, 6) is 1.41. The molecule has 26 heavy (non-hydrogen) atoms. The minimum Gasteiger partial charge on any atom is -0.504 e. The summed E-state index contributed by atoms with van der Waals surface area (Å²) in [6, 6.07) is 13.6. The number of benzene rings is 2. The van der Waals surface area contributed by atoms with Crippen molar-refractivity contribution in [1.82, 2.24) is 10.6 Å². The van der Waals surface area contributed by atoms with Gasteiger partial charge in [-0.05, 0) is 49.6 Å². The summed E-state index contributed by atoms with van der Waals surface area (Å²) in [4.78, 5) is 4.62. The van der Waals surface area contributed by atoms with E-state index in [0.717, 1.165) is 24.6 Å². The monoisotopic (exact) mass is 469 g/mol. The summed E-state index contributed by atoms with van der Waals surface area (Å²) >= 11 is 0. The minimum atomic E-state index is 0. The van der Waals surface area contributed by atoms with Crippen molar-refractivity contribution >= 4 is 29.9 Å². The zero-order valence-corrected chi connectivity index (χ0v) is 17.9. The van der Waals surface area contributed by atoms with Crippen LogP contribution in [-0.4, -0.2) is 24.2 Å². The molecule has 2 aromatic rings. The SMILES string of the molecule is CCNC(=NCc1ccc(O)c(OCC)c1)NCc1ccccc1C.I. The van der Waals surface area contributed by atoms with Gasteiger partial charge in [0.05, 0.1) is 13.2 Å². The number of guanidine groups is 1. The highest BCUT2D eigenvalue weighted by molar-refractivity contribution is 14.0. The van der Waals surface area contributed by atoms with E-state index in [4.69, 9.17) is 4.74 Å². The van der Waals surface area contributed by atoms with Gasteiger partial charge in [0.15, 0.2) is 17.5 Å². The summed E-state index contributed by atoms with van der Waals surface area (Å²) in [6.45, 7) is 8.57. The first-order chi connectivity index (χ1) is 12.1. The molecule has 0 unspecified atom stereocenters. The van der Waals surface area contributed by atoms with Gasteiger partial charge in [-0.25, -0.2) is 4.99 Å². The Morgan fingerprint density at radius 2 is 1.88 bits per heavy atom. The van der Waals surface area contributed by atoms with Gasteiger partial charge in [-0.3, -0.25) is 0 Å². The second-order valence-electron chi connectivity index (χ2n) is 5.71. The predicted molar refractivity (Wildman–Crippen MR) is 118 cm³/mol. The lowest BCUT2D eigenvalue weighted by molar-refractivity contribution is 0.318. The maximum Gasteiger partial charge on any atom is 0.191 e. The first kappa shape index (κ1) is 22.1. The van der Waals surface area contributed by atoms with Gasteiger partial charge in [-0.1, -0.05) is 30.3 Å². The van der Waals surface area contributed by atoms with Crippen molar-refractivity contribution in [2.45, 2.75) is 33.9 Å². The Hall–Kier alpha value is -1.96. The van der Waals surface area contributed by atoms with Crippen molar-refractivity contribution in [2.24, 2.45) is 4.99 Å². The summed E-state index contributed by atoms with van der Waals surface area (Å²) in [6.07, 6.45) is 0. The van der Waals surface area contributed by atoms with Crippen LogP contribution < -0.4 is 15.4 Å². The van der Waals surface area contributed by atoms with Gasteiger partial charge in [0, 0.05) is 13.1 Å². The lowest BCUT2D eigenvalue weighted by Gasteiger charge is -2.13. The van der Waals surface area contributed by atoms with Crippen molar-refractivity contribution in [3.63, 3.8) is 0 Å².